The molecule has 0 spiro atoms. The maximum Gasteiger partial charge on any atom is 0.345 e. The number of esters is 1. The summed E-state index contributed by atoms with van der Waals surface area (Å²) in [5.74, 6) is -0.222. The van der Waals surface area contributed by atoms with Crippen molar-refractivity contribution in [3.8, 4) is 5.75 Å². The topological polar surface area (TPSA) is 56.3 Å². The zero-order valence-electron chi connectivity index (χ0n) is 12.5. The average Bonchev–Trinajstić information content (AvgIpc) is 2.62. The molecular formula is C19H12BrNO3. The molecule has 0 N–H and O–H groups in total. The highest BCUT2D eigenvalue weighted by Crippen LogP contribution is 2.17. The van der Waals surface area contributed by atoms with Gasteiger partial charge < -0.3 is 4.74 Å². The summed E-state index contributed by atoms with van der Waals surface area (Å²) in [6.07, 6.45) is 3.02. The van der Waals surface area contributed by atoms with E-state index in [1.165, 1.54) is 6.20 Å². The average molecular weight is 382 g/mol. The fraction of sp³-hybridized carbons (Fsp3) is 0. The lowest BCUT2D eigenvalue weighted by Gasteiger charge is -2.06. The van der Waals surface area contributed by atoms with Crippen molar-refractivity contribution in [3.05, 3.63) is 94.2 Å². The van der Waals surface area contributed by atoms with Crippen LogP contribution in [0, 0.1) is 0 Å². The van der Waals surface area contributed by atoms with E-state index in [0.29, 0.717) is 26.9 Å². The van der Waals surface area contributed by atoms with Crippen LogP contribution in [-0.2, 0) is 0 Å². The van der Waals surface area contributed by atoms with Gasteiger partial charge in [-0.1, -0.05) is 30.3 Å². The minimum Gasteiger partial charge on any atom is -0.423 e. The van der Waals surface area contributed by atoms with Crippen LogP contribution in [0.5, 0.6) is 5.75 Å². The number of carbonyl (C=O) groups is 2. The van der Waals surface area contributed by atoms with E-state index in [2.05, 4.69) is 20.9 Å². The first-order valence-electron chi connectivity index (χ1n) is 7.16. The molecule has 0 fully saturated rings. The lowest BCUT2D eigenvalue weighted by Crippen LogP contribution is -2.09. The van der Waals surface area contributed by atoms with Crippen LogP contribution in [0.2, 0.25) is 0 Å². The Morgan fingerprint density at radius 2 is 1.50 bits per heavy atom. The van der Waals surface area contributed by atoms with Gasteiger partial charge in [0.2, 0.25) is 0 Å². The van der Waals surface area contributed by atoms with E-state index in [9.17, 15) is 9.59 Å². The number of aromatic nitrogens is 1. The minimum atomic E-state index is -0.508. The zero-order valence-corrected chi connectivity index (χ0v) is 14.1. The molecule has 2 aromatic carbocycles. The molecule has 0 atom stereocenters. The van der Waals surface area contributed by atoms with Gasteiger partial charge in [-0.3, -0.25) is 9.78 Å². The SMILES string of the molecule is O=C(Oc1ccc(C(=O)c2ccccc2)cc1)c1cncc(Br)c1. The third-order valence-corrected chi connectivity index (χ3v) is 3.74. The largest absolute Gasteiger partial charge is 0.423 e. The van der Waals surface area contributed by atoms with Crippen molar-refractivity contribution in [2.45, 2.75) is 0 Å². The molecule has 0 bridgehead atoms. The maximum atomic E-state index is 12.3. The van der Waals surface area contributed by atoms with Crippen LogP contribution in [-0.4, -0.2) is 16.7 Å². The van der Waals surface area contributed by atoms with Gasteiger partial charge in [0, 0.05) is 28.0 Å². The van der Waals surface area contributed by atoms with Crippen LogP contribution < -0.4 is 4.74 Å². The predicted molar refractivity (Wildman–Crippen MR) is 93.2 cm³/mol. The summed E-state index contributed by atoms with van der Waals surface area (Å²) >= 11 is 3.26. The Labute approximate surface area is 147 Å². The first kappa shape index (κ1) is 16.1. The van der Waals surface area contributed by atoms with Crippen molar-refractivity contribution in [2.75, 3.05) is 0 Å². The van der Waals surface area contributed by atoms with Crippen molar-refractivity contribution < 1.29 is 14.3 Å². The molecular weight excluding hydrogens is 370 g/mol. The molecule has 0 unspecified atom stereocenters. The Hall–Kier alpha value is -2.79. The number of halogens is 1. The Bertz CT molecular complexity index is 877. The van der Waals surface area contributed by atoms with Crippen molar-refractivity contribution in [1.82, 2.24) is 4.98 Å². The highest BCUT2D eigenvalue weighted by molar-refractivity contribution is 9.10. The number of hydrogen-bond donors (Lipinski definition) is 0. The van der Waals surface area contributed by atoms with Crippen LogP contribution in [0.3, 0.4) is 0 Å². The van der Waals surface area contributed by atoms with Crippen LogP contribution in [0.15, 0.2) is 77.5 Å². The smallest absolute Gasteiger partial charge is 0.345 e. The molecule has 0 aliphatic heterocycles. The van der Waals surface area contributed by atoms with Crippen molar-refractivity contribution in [2.24, 2.45) is 0 Å². The number of benzene rings is 2. The molecule has 3 aromatic rings. The summed E-state index contributed by atoms with van der Waals surface area (Å²) in [5, 5.41) is 0. The van der Waals surface area contributed by atoms with Crippen molar-refractivity contribution in [1.29, 1.82) is 0 Å². The number of ketones is 1. The Morgan fingerprint density at radius 1 is 0.833 bits per heavy atom. The second kappa shape index (κ2) is 7.19. The number of ether oxygens (including phenoxy) is 1. The number of nitrogens with zero attached hydrogens (tertiary/aromatic N) is 1. The van der Waals surface area contributed by atoms with Gasteiger partial charge in [0.15, 0.2) is 5.78 Å². The molecule has 4 nitrogen and oxygen atoms in total. The molecule has 24 heavy (non-hydrogen) atoms. The Balaban J connectivity index is 1.73. The van der Waals surface area contributed by atoms with Gasteiger partial charge in [-0.05, 0) is 46.3 Å². The van der Waals surface area contributed by atoms with Gasteiger partial charge in [0.05, 0.1) is 5.56 Å². The van der Waals surface area contributed by atoms with Crippen LogP contribution in [0.4, 0.5) is 0 Å². The van der Waals surface area contributed by atoms with E-state index in [0.717, 1.165) is 0 Å². The van der Waals surface area contributed by atoms with Crippen molar-refractivity contribution >= 4 is 27.7 Å². The van der Waals surface area contributed by atoms with Gasteiger partial charge in [0.1, 0.15) is 5.75 Å². The fourth-order valence-corrected chi connectivity index (χ4v) is 2.48. The molecule has 0 saturated carbocycles. The fourth-order valence-electron chi connectivity index (χ4n) is 2.12. The third-order valence-electron chi connectivity index (χ3n) is 3.30. The minimum absolute atomic E-state index is 0.0790. The first-order chi connectivity index (χ1) is 11.6. The van der Waals surface area contributed by atoms with Crippen LogP contribution >= 0.6 is 15.9 Å². The number of rotatable bonds is 4. The molecule has 0 radical (unpaired) electrons. The van der Waals surface area contributed by atoms with Crippen LogP contribution in [0.25, 0.3) is 0 Å². The molecule has 1 heterocycles. The quantitative estimate of drug-likeness (QED) is 0.384. The molecule has 5 heteroatoms. The molecule has 3 rings (SSSR count). The lowest BCUT2D eigenvalue weighted by atomic mass is 10.0. The summed E-state index contributed by atoms with van der Waals surface area (Å²) in [7, 11) is 0. The monoisotopic (exact) mass is 381 g/mol. The van der Waals surface area contributed by atoms with E-state index >= 15 is 0 Å². The normalized spacial score (nSPS) is 10.2. The Morgan fingerprint density at radius 3 is 2.17 bits per heavy atom. The van der Waals surface area contributed by atoms with E-state index in [-0.39, 0.29) is 5.78 Å². The maximum absolute atomic E-state index is 12.3. The van der Waals surface area contributed by atoms with Crippen molar-refractivity contribution in [3.63, 3.8) is 0 Å². The summed E-state index contributed by atoms with van der Waals surface area (Å²) in [4.78, 5) is 28.3. The standard InChI is InChI=1S/C19H12BrNO3/c20-16-10-15(11-21-12-16)19(23)24-17-8-6-14(7-9-17)18(22)13-4-2-1-3-5-13/h1-12H. The highest BCUT2D eigenvalue weighted by atomic mass is 79.9. The van der Waals surface area contributed by atoms with Gasteiger partial charge in [-0.15, -0.1) is 0 Å². The number of hydrogen-bond acceptors (Lipinski definition) is 4. The van der Waals surface area contributed by atoms with Gasteiger partial charge in [-0.2, -0.15) is 0 Å². The zero-order chi connectivity index (χ0) is 16.9. The van der Waals surface area contributed by atoms with E-state index < -0.39 is 5.97 Å². The predicted octanol–water partition coefficient (Wildman–Crippen LogP) is 4.29. The van der Waals surface area contributed by atoms with Gasteiger partial charge in [0.25, 0.3) is 0 Å². The lowest BCUT2D eigenvalue weighted by molar-refractivity contribution is 0.0734. The molecule has 0 aliphatic carbocycles. The van der Waals surface area contributed by atoms with E-state index in [1.54, 1.807) is 48.7 Å². The number of carbonyl (C=O) groups excluding carboxylic acids is 2. The van der Waals surface area contributed by atoms with E-state index in [1.807, 2.05) is 18.2 Å². The molecule has 0 aliphatic rings. The highest BCUT2D eigenvalue weighted by Gasteiger charge is 2.11. The summed E-state index contributed by atoms with van der Waals surface area (Å²) < 4.78 is 5.98. The second-order valence-corrected chi connectivity index (χ2v) is 5.92. The van der Waals surface area contributed by atoms with Crippen LogP contribution in [0.1, 0.15) is 26.3 Å². The number of pyridine rings is 1. The summed E-state index contributed by atoms with van der Waals surface area (Å²) in [6, 6.07) is 17.1. The summed E-state index contributed by atoms with van der Waals surface area (Å²) in [6.45, 7) is 0. The van der Waals surface area contributed by atoms with E-state index in [4.69, 9.17) is 4.74 Å². The molecule has 0 amide bonds. The first-order valence-corrected chi connectivity index (χ1v) is 7.95. The molecule has 118 valence electrons. The molecule has 1 aromatic heterocycles. The third kappa shape index (κ3) is 3.75. The van der Waals surface area contributed by atoms with Gasteiger partial charge in [-0.25, -0.2) is 4.79 Å². The molecule has 0 saturated heterocycles. The Kier molecular flexibility index (Phi) is 4.82. The van der Waals surface area contributed by atoms with Gasteiger partial charge >= 0.3 is 5.97 Å². The second-order valence-electron chi connectivity index (χ2n) is 5.00. The summed E-state index contributed by atoms with van der Waals surface area (Å²) in [5.41, 5.74) is 1.49.